The number of piperazine rings is 1. The van der Waals surface area contributed by atoms with Crippen molar-refractivity contribution in [3.05, 3.63) is 25.3 Å². The third-order valence-corrected chi connectivity index (χ3v) is 5.75. The molecule has 3 rings (SSSR count). The Kier molecular flexibility index (Phi) is 7.97. The van der Waals surface area contributed by atoms with Crippen LogP contribution in [0, 0.1) is 11.3 Å². The number of guanidine groups is 1. The largest absolute Gasteiger partial charge is 0.338 e. The van der Waals surface area contributed by atoms with E-state index in [1.54, 1.807) is 28.3 Å². The lowest BCUT2D eigenvalue weighted by molar-refractivity contribution is -0.145. The Morgan fingerprint density at radius 2 is 2.09 bits per heavy atom. The lowest BCUT2D eigenvalue weighted by Crippen LogP contribution is -2.74. The van der Waals surface area contributed by atoms with E-state index in [1.165, 1.54) is 0 Å². The molecule has 0 aliphatic carbocycles. The van der Waals surface area contributed by atoms with Gasteiger partial charge in [-0.2, -0.15) is 5.26 Å². The number of aliphatic imine (C=N–C) groups is 2. The molecule has 0 aromatic heterocycles. The second-order valence-electron chi connectivity index (χ2n) is 7.74. The maximum Gasteiger partial charge on any atom is 0.251 e. The average Bonchev–Trinajstić information content (AvgIpc) is 3.31. The van der Waals surface area contributed by atoms with Crippen LogP contribution in [0.1, 0.15) is 19.3 Å². The van der Waals surface area contributed by atoms with Gasteiger partial charge in [0.05, 0.1) is 19.0 Å². The van der Waals surface area contributed by atoms with Crippen LogP contribution in [-0.2, 0) is 9.59 Å². The third kappa shape index (κ3) is 5.15. The van der Waals surface area contributed by atoms with Gasteiger partial charge in [-0.3, -0.25) is 14.9 Å². The Bertz CT molecular complexity index is 826. The number of nitrogens with zero attached hydrogens (tertiary/aromatic N) is 6. The van der Waals surface area contributed by atoms with Gasteiger partial charge in [0.15, 0.2) is 0 Å². The summed E-state index contributed by atoms with van der Waals surface area (Å²) in [5.74, 6) is -0.644. The predicted octanol–water partition coefficient (Wildman–Crippen LogP) is -0.815. The molecule has 2 fully saturated rings. The Labute approximate surface area is 188 Å². The van der Waals surface area contributed by atoms with E-state index in [0.29, 0.717) is 58.2 Å². The van der Waals surface area contributed by atoms with Crippen molar-refractivity contribution in [2.75, 3.05) is 45.8 Å². The summed E-state index contributed by atoms with van der Waals surface area (Å²) in [6.45, 7) is 11.2. The van der Waals surface area contributed by atoms with Crippen LogP contribution in [0.2, 0.25) is 0 Å². The number of likely N-dealkylation sites (tertiary alicyclic amines) is 1. The molecule has 32 heavy (non-hydrogen) atoms. The first-order chi connectivity index (χ1) is 15.5. The summed E-state index contributed by atoms with van der Waals surface area (Å²) in [7, 11) is 0. The summed E-state index contributed by atoms with van der Waals surface area (Å²) in [5, 5.41) is 18.5. The van der Waals surface area contributed by atoms with Gasteiger partial charge in [-0.15, -0.1) is 13.2 Å². The number of hydrogen-bond donors (Lipinski definition) is 3. The molecule has 3 aliphatic rings. The first-order valence-electron chi connectivity index (χ1n) is 10.8. The van der Waals surface area contributed by atoms with Crippen molar-refractivity contribution in [3.8, 4) is 6.07 Å². The Morgan fingerprint density at radius 3 is 2.78 bits per heavy atom. The van der Waals surface area contributed by atoms with E-state index >= 15 is 0 Å². The molecule has 3 N–H and O–H groups in total. The maximum absolute atomic E-state index is 13.1. The van der Waals surface area contributed by atoms with Crippen LogP contribution < -0.4 is 16.0 Å². The molecule has 172 valence electrons. The van der Waals surface area contributed by atoms with E-state index in [0.717, 1.165) is 6.42 Å². The van der Waals surface area contributed by atoms with Gasteiger partial charge < -0.3 is 20.4 Å². The van der Waals surface area contributed by atoms with Gasteiger partial charge in [0.2, 0.25) is 17.8 Å². The first-order valence-corrected chi connectivity index (χ1v) is 10.8. The van der Waals surface area contributed by atoms with Gasteiger partial charge in [0.25, 0.3) is 5.91 Å². The fraction of sp³-hybridized carbons (Fsp3) is 0.571. The Morgan fingerprint density at radius 1 is 1.31 bits per heavy atom. The number of nitrogens with one attached hydrogen (secondary N) is 3. The molecule has 3 aliphatic heterocycles. The molecule has 2 amide bonds. The van der Waals surface area contributed by atoms with Gasteiger partial charge in [0, 0.05) is 39.3 Å². The molecule has 0 spiro atoms. The van der Waals surface area contributed by atoms with E-state index in [9.17, 15) is 9.59 Å². The SMILES string of the molecule is C=CCN=C1NC=NC(NCC=C)(N2CCN(C(=O)C3CCCN3C(=O)CC#N)CC2)N1. The summed E-state index contributed by atoms with van der Waals surface area (Å²) in [6, 6.07) is 1.42. The van der Waals surface area contributed by atoms with E-state index in [-0.39, 0.29) is 18.2 Å². The predicted molar refractivity (Wildman–Crippen MR) is 121 cm³/mol. The van der Waals surface area contributed by atoms with Crippen LogP contribution in [-0.4, -0.2) is 96.6 Å². The molecule has 0 saturated carbocycles. The van der Waals surface area contributed by atoms with Crippen molar-refractivity contribution in [2.45, 2.75) is 31.2 Å². The summed E-state index contributed by atoms with van der Waals surface area (Å²) < 4.78 is 0. The number of carbonyl (C=O) groups is 2. The highest BCUT2D eigenvalue weighted by atomic mass is 16.2. The molecule has 2 unspecified atom stereocenters. The standard InChI is InChI=1S/C21H31N9O2/c1-3-9-23-20-24-16-26-21(27-20,25-10-4-2)29-14-12-28(13-15-29)19(32)17-6-5-11-30(17)18(31)7-8-22/h3-4,16-17,25H,1-2,5-7,9-15H2,(H2,23,24,26,27). The van der Waals surface area contributed by atoms with Crippen molar-refractivity contribution < 1.29 is 9.59 Å². The minimum absolute atomic E-state index is 0.0449. The van der Waals surface area contributed by atoms with Gasteiger partial charge in [-0.25, -0.2) is 14.9 Å². The summed E-state index contributed by atoms with van der Waals surface area (Å²) in [6.07, 6.45) is 6.29. The molecule has 0 radical (unpaired) electrons. The van der Waals surface area contributed by atoms with Crippen LogP contribution in [0.4, 0.5) is 0 Å². The smallest absolute Gasteiger partial charge is 0.251 e. The quantitative estimate of drug-likeness (QED) is 0.420. The maximum atomic E-state index is 13.1. The number of rotatable bonds is 8. The average molecular weight is 442 g/mol. The second kappa shape index (κ2) is 10.9. The topological polar surface area (TPSA) is 128 Å². The van der Waals surface area contributed by atoms with Crippen molar-refractivity contribution in [1.82, 2.24) is 30.7 Å². The number of hydrogen-bond acceptors (Lipinski definition) is 7. The summed E-state index contributed by atoms with van der Waals surface area (Å²) in [4.78, 5) is 39.9. The highest BCUT2D eigenvalue weighted by Crippen LogP contribution is 2.22. The van der Waals surface area contributed by atoms with Crippen LogP contribution in [0.25, 0.3) is 0 Å². The zero-order chi connectivity index (χ0) is 23.0. The van der Waals surface area contributed by atoms with Crippen molar-refractivity contribution in [3.63, 3.8) is 0 Å². The number of nitriles is 1. The van der Waals surface area contributed by atoms with Gasteiger partial charge in [-0.1, -0.05) is 12.2 Å². The first kappa shape index (κ1) is 23.4. The molecule has 11 nitrogen and oxygen atoms in total. The second-order valence-corrected chi connectivity index (χ2v) is 7.74. The van der Waals surface area contributed by atoms with Crippen molar-refractivity contribution >= 4 is 24.1 Å². The molecule has 0 bridgehead atoms. The van der Waals surface area contributed by atoms with Crippen LogP contribution in [0.3, 0.4) is 0 Å². The molecule has 2 saturated heterocycles. The Hall–Kier alpha value is -3.23. The van der Waals surface area contributed by atoms with E-state index in [2.05, 4.69) is 44.0 Å². The lowest BCUT2D eigenvalue weighted by atomic mass is 10.1. The van der Waals surface area contributed by atoms with Gasteiger partial charge in [0.1, 0.15) is 12.5 Å². The minimum atomic E-state index is -0.906. The van der Waals surface area contributed by atoms with Gasteiger partial charge in [-0.05, 0) is 12.8 Å². The lowest BCUT2D eigenvalue weighted by Gasteiger charge is -2.47. The fourth-order valence-corrected chi connectivity index (χ4v) is 4.19. The highest BCUT2D eigenvalue weighted by Gasteiger charge is 2.42. The molecular formula is C21H31N9O2. The van der Waals surface area contributed by atoms with E-state index < -0.39 is 12.0 Å². The minimum Gasteiger partial charge on any atom is -0.338 e. The summed E-state index contributed by atoms with van der Waals surface area (Å²) >= 11 is 0. The van der Waals surface area contributed by atoms with Crippen molar-refractivity contribution in [1.29, 1.82) is 5.26 Å². The summed E-state index contributed by atoms with van der Waals surface area (Å²) in [5.41, 5.74) is 0. The monoisotopic (exact) mass is 441 g/mol. The van der Waals surface area contributed by atoms with Crippen LogP contribution >= 0.6 is 0 Å². The van der Waals surface area contributed by atoms with E-state index in [4.69, 9.17) is 5.26 Å². The Balaban J connectivity index is 1.66. The molecule has 11 heteroatoms. The molecule has 0 aromatic carbocycles. The fourth-order valence-electron chi connectivity index (χ4n) is 4.19. The van der Waals surface area contributed by atoms with E-state index in [1.807, 2.05) is 6.07 Å². The third-order valence-electron chi connectivity index (χ3n) is 5.75. The molecule has 0 aromatic rings. The number of amides is 2. The normalized spacial score (nSPS) is 26.8. The zero-order valence-electron chi connectivity index (χ0n) is 18.3. The van der Waals surface area contributed by atoms with Crippen molar-refractivity contribution in [2.24, 2.45) is 9.98 Å². The number of carbonyl (C=O) groups excluding carboxylic acids is 2. The zero-order valence-corrected chi connectivity index (χ0v) is 18.3. The van der Waals surface area contributed by atoms with Crippen LogP contribution in [0.5, 0.6) is 0 Å². The van der Waals surface area contributed by atoms with Crippen LogP contribution in [0.15, 0.2) is 35.3 Å². The molecule has 2 atom stereocenters. The van der Waals surface area contributed by atoms with Gasteiger partial charge >= 0.3 is 0 Å². The molecule has 3 heterocycles. The molecular weight excluding hydrogens is 410 g/mol. The highest BCUT2D eigenvalue weighted by molar-refractivity contribution is 5.92.